The Kier molecular flexibility index (Phi) is 5.08. The van der Waals surface area contributed by atoms with E-state index in [9.17, 15) is 13.5 Å². The molecule has 8 nitrogen and oxygen atoms in total. The van der Waals surface area contributed by atoms with Crippen molar-refractivity contribution in [2.75, 3.05) is 5.73 Å². The van der Waals surface area contributed by atoms with E-state index in [0.717, 1.165) is 22.5 Å². The number of imidazole rings is 1. The van der Waals surface area contributed by atoms with Crippen LogP contribution in [0.3, 0.4) is 0 Å². The summed E-state index contributed by atoms with van der Waals surface area (Å²) in [6, 6.07) is 4.91. The molecule has 4 N–H and O–H groups in total. The van der Waals surface area contributed by atoms with Gasteiger partial charge in [-0.15, -0.1) is 0 Å². The van der Waals surface area contributed by atoms with E-state index in [4.69, 9.17) is 5.73 Å². The fourth-order valence-electron chi connectivity index (χ4n) is 4.03. The summed E-state index contributed by atoms with van der Waals surface area (Å²) in [4.78, 5) is 8.80. The van der Waals surface area contributed by atoms with Crippen LogP contribution in [-0.4, -0.2) is 39.5 Å². The Bertz CT molecular complexity index is 1210. The van der Waals surface area contributed by atoms with Gasteiger partial charge in [0.05, 0.1) is 28.1 Å². The third kappa shape index (κ3) is 3.92. The van der Waals surface area contributed by atoms with Crippen LogP contribution in [0.2, 0.25) is 0 Å². The Morgan fingerprint density at radius 2 is 1.97 bits per heavy atom. The van der Waals surface area contributed by atoms with Crippen LogP contribution in [-0.2, 0) is 10.0 Å². The van der Waals surface area contributed by atoms with Gasteiger partial charge in [-0.1, -0.05) is 6.07 Å². The number of nitrogens with two attached hydrogens (primary N) is 1. The molecular weight excluding hydrogens is 402 g/mol. The zero-order valence-corrected chi connectivity index (χ0v) is 18.2. The Morgan fingerprint density at radius 1 is 1.27 bits per heavy atom. The van der Waals surface area contributed by atoms with E-state index >= 15 is 0 Å². The van der Waals surface area contributed by atoms with Crippen molar-refractivity contribution < 1.29 is 13.5 Å². The number of nitrogen functional groups attached to an aromatic ring is 1. The van der Waals surface area contributed by atoms with Gasteiger partial charge >= 0.3 is 0 Å². The Balaban J connectivity index is 1.69. The number of aryl methyl sites for hydroxylation is 2. The molecule has 0 saturated heterocycles. The molecular formula is C21H27N5O3S. The van der Waals surface area contributed by atoms with Crippen LogP contribution in [0, 0.1) is 13.8 Å². The zero-order chi connectivity index (χ0) is 21.7. The second kappa shape index (κ2) is 7.33. The van der Waals surface area contributed by atoms with Gasteiger partial charge in [-0.2, -0.15) is 0 Å². The summed E-state index contributed by atoms with van der Waals surface area (Å²) in [6.45, 7) is 5.57. The molecule has 0 unspecified atom stereocenters. The molecule has 0 bridgehead atoms. The highest BCUT2D eigenvalue weighted by Gasteiger charge is 2.31. The van der Waals surface area contributed by atoms with Crippen LogP contribution in [0.1, 0.15) is 43.9 Å². The van der Waals surface area contributed by atoms with Crippen LogP contribution in [0.15, 0.2) is 35.5 Å². The summed E-state index contributed by atoms with van der Waals surface area (Å²) in [6.07, 6.45) is 5.91. The van der Waals surface area contributed by atoms with Crippen molar-refractivity contribution in [2.24, 2.45) is 0 Å². The summed E-state index contributed by atoms with van der Waals surface area (Å²) in [7, 11) is -3.70. The first-order valence-electron chi connectivity index (χ1n) is 10.0. The lowest BCUT2D eigenvalue weighted by atomic mass is 9.84. The first-order valence-corrected chi connectivity index (χ1v) is 11.5. The fourth-order valence-corrected chi connectivity index (χ4v) is 5.36. The van der Waals surface area contributed by atoms with Gasteiger partial charge in [0.2, 0.25) is 10.0 Å². The molecule has 2 aromatic heterocycles. The molecule has 0 radical (unpaired) electrons. The average Bonchev–Trinajstić information content (AvgIpc) is 3.07. The third-order valence-electron chi connectivity index (χ3n) is 5.82. The number of nitrogens with zero attached hydrogens (tertiary/aromatic N) is 3. The summed E-state index contributed by atoms with van der Waals surface area (Å²) < 4.78 is 30.7. The number of anilines is 1. The smallest absolute Gasteiger partial charge is 0.240 e. The lowest BCUT2D eigenvalue weighted by Gasteiger charge is -2.33. The minimum atomic E-state index is -3.70. The first-order chi connectivity index (χ1) is 14.1. The highest BCUT2D eigenvalue weighted by molar-refractivity contribution is 7.89. The molecule has 2 heterocycles. The highest BCUT2D eigenvalue weighted by Crippen LogP contribution is 2.31. The number of sulfonamides is 1. The summed E-state index contributed by atoms with van der Waals surface area (Å²) in [5.74, 6) is 0.331. The van der Waals surface area contributed by atoms with Gasteiger partial charge < -0.3 is 10.8 Å². The summed E-state index contributed by atoms with van der Waals surface area (Å²) >= 11 is 0. The third-order valence-corrected chi connectivity index (χ3v) is 7.34. The maximum absolute atomic E-state index is 13.0. The predicted octanol–water partition coefficient (Wildman–Crippen LogP) is 2.57. The molecule has 9 heteroatoms. The number of benzene rings is 1. The Labute approximate surface area is 176 Å². The number of fused-ring (bicyclic) bond motifs is 1. The van der Waals surface area contributed by atoms with Crippen molar-refractivity contribution in [1.82, 2.24) is 19.1 Å². The van der Waals surface area contributed by atoms with Gasteiger partial charge in [0.15, 0.2) is 11.5 Å². The molecule has 160 valence electrons. The standard InChI is InChI=1S/C21H27N5O3S/c1-13-4-5-16(30(28,29)25-15-6-8-21(3,27)9-7-15)10-17(13)18-11-23-20-19(22)24-14(2)12-26(18)20/h4-5,10-12,15,25,27H,6-9H2,1-3H3,(H2,22,24)/t15-,21+. The molecule has 0 atom stereocenters. The predicted molar refractivity (Wildman–Crippen MR) is 116 cm³/mol. The van der Waals surface area contributed by atoms with Gasteiger partial charge in [-0.25, -0.2) is 23.1 Å². The van der Waals surface area contributed by atoms with E-state index in [-0.39, 0.29) is 10.9 Å². The molecule has 1 aromatic carbocycles. The van der Waals surface area contributed by atoms with Crippen LogP contribution in [0.5, 0.6) is 0 Å². The number of hydrogen-bond acceptors (Lipinski definition) is 6. The summed E-state index contributed by atoms with van der Waals surface area (Å²) in [5, 5.41) is 10.1. The second-order valence-electron chi connectivity index (χ2n) is 8.47. The molecule has 1 fully saturated rings. The number of nitrogens with one attached hydrogen (secondary N) is 1. The monoisotopic (exact) mass is 429 g/mol. The maximum Gasteiger partial charge on any atom is 0.240 e. The van der Waals surface area contributed by atoms with E-state index in [1.807, 2.05) is 24.4 Å². The van der Waals surface area contributed by atoms with Crippen LogP contribution >= 0.6 is 0 Å². The van der Waals surface area contributed by atoms with Crippen LogP contribution < -0.4 is 10.5 Å². The largest absolute Gasteiger partial charge is 0.390 e. The van der Waals surface area contributed by atoms with Gasteiger partial charge in [0.1, 0.15) is 0 Å². The highest BCUT2D eigenvalue weighted by atomic mass is 32.2. The lowest BCUT2D eigenvalue weighted by molar-refractivity contribution is 0.0163. The minimum Gasteiger partial charge on any atom is -0.390 e. The van der Waals surface area contributed by atoms with Crippen molar-refractivity contribution >= 4 is 21.5 Å². The van der Waals surface area contributed by atoms with Crippen molar-refractivity contribution in [1.29, 1.82) is 0 Å². The quantitative estimate of drug-likeness (QED) is 0.586. The average molecular weight is 430 g/mol. The zero-order valence-electron chi connectivity index (χ0n) is 17.4. The molecule has 30 heavy (non-hydrogen) atoms. The SMILES string of the molecule is Cc1cn2c(-c3cc(S(=O)(=O)N[C@H]4CC[C@@](C)(O)CC4)ccc3C)cnc2c(N)n1. The topological polar surface area (TPSA) is 123 Å². The van der Waals surface area contributed by atoms with E-state index in [1.165, 1.54) is 0 Å². The lowest BCUT2D eigenvalue weighted by Crippen LogP contribution is -2.42. The molecule has 3 aromatic rings. The van der Waals surface area contributed by atoms with Gasteiger partial charge in [-0.3, -0.25) is 4.40 Å². The Morgan fingerprint density at radius 3 is 2.67 bits per heavy atom. The maximum atomic E-state index is 13.0. The fraction of sp³-hybridized carbons (Fsp3) is 0.429. The van der Waals surface area contributed by atoms with Gasteiger partial charge in [0.25, 0.3) is 0 Å². The molecule has 0 spiro atoms. The second-order valence-corrected chi connectivity index (χ2v) is 10.2. The molecule has 1 aliphatic rings. The molecule has 0 aliphatic heterocycles. The Hall–Kier alpha value is -2.49. The summed E-state index contributed by atoms with van der Waals surface area (Å²) in [5.41, 5.74) is 9.01. The molecule has 1 saturated carbocycles. The van der Waals surface area contributed by atoms with Crippen molar-refractivity contribution in [3.8, 4) is 11.3 Å². The van der Waals surface area contributed by atoms with Gasteiger partial charge in [0, 0.05) is 17.8 Å². The minimum absolute atomic E-state index is 0.177. The van der Waals surface area contributed by atoms with Crippen molar-refractivity contribution in [3.63, 3.8) is 0 Å². The first kappa shape index (κ1) is 20.8. The van der Waals surface area contributed by atoms with Gasteiger partial charge in [-0.05, 0) is 64.2 Å². The number of aromatic nitrogens is 3. The number of aliphatic hydroxyl groups is 1. The van der Waals surface area contributed by atoms with Crippen LogP contribution in [0.4, 0.5) is 5.82 Å². The molecule has 4 rings (SSSR count). The van der Waals surface area contributed by atoms with E-state index in [1.54, 1.807) is 31.3 Å². The van der Waals surface area contributed by atoms with Crippen LogP contribution in [0.25, 0.3) is 16.9 Å². The number of hydrogen-bond donors (Lipinski definition) is 3. The number of rotatable bonds is 4. The molecule has 1 aliphatic carbocycles. The molecule has 0 amide bonds. The van der Waals surface area contributed by atoms with Crippen molar-refractivity contribution in [3.05, 3.63) is 41.9 Å². The van der Waals surface area contributed by atoms with E-state index < -0.39 is 15.6 Å². The van der Waals surface area contributed by atoms with E-state index in [0.29, 0.717) is 37.1 Å². The van der Waals surface area contributed by atoms with E-state index in [2.05, 4.69) is 14.7 Å². The normalized spacial score (nSPS) is 22.5. The van der Waals surface area contributed by atoms with Crippen molar-refractivity contribution in [2.45, 2.75) is 63.0 Å².